The van der Waals surface area contributed by atoms with Crippen molar-refractivity contribution in [3.05, 3.63) is 45.8 Å². The number of hydrogen-bond acceptors (Lipinski definition) is 4. The van der Waals surface area contributed by atoms with Crippen LogP contribution < -0.4 is 5.76 Å². The number of nitrogens with one attached hydrogen (secondary N) is 2. The summed E-state index contributed by atoms with van der Waals surface area (Å²) in [4.78, 5) is 20.5. The Bertz CT molecular complexity index is 800. The van der Waals surface area contributed by atoms with Gasteiger partial charge in [0.25, 0.3) is 0 Å². The molecule has 0 bridgehead atoms. The Labute approximate surface area is 100 Å². The maximum atomic E-state index is 11.0. The third kappa shape index (κ3) is 1.78. The van der Waals surface area contributed by atoms with Gasteiger partial charge in [0.05, 0.1) is 5.52 Å². The van der Waals surface area contributed by atoms with E-state index < -0.39 is 5.76 Å². The number of aromatic amines is 2. The van der Waals surface area contributed by atoms with Crippen molar-refractivity contribution >= 4 is 23.3 Å². The lowest BCUT2D eigenvalue weighted by molar-refractivity contribution is 0.555. The van der Waals surface area contributed by atoms with E-state index in [-0.39, 0.29) is 0 Å². The van der Waals surface area contributed by atoms with Crippen LogP contribution in [-0.2, 0) is 0 Å². The molecule has 1 aromatic carbocycles. The van der Waals surface area contributed by atoms with Gasteiger partial charge in [0.1, 0.15) is 0 Å². The summed E-state index contributed by atoms with van der Waals surface area (Å²) in [6, 6.07) is 7.23. The molecule has 0 amide bonds. The summed E-state index contributed by atoms with van der Waals surface area (Å²) in [5.74, 6) is -0.459. The lowest BCUT2D eigenvalue weighted by atomic mass is 10.1. The predicted octanol–water partition coefficient (Wildman–Crippen LogP) is 2.24. The number of rotatable bonds is 1. The zero-order valence-corrected chi connectivity index (χ0v) is 9.38. The number of aromatic nitrogens is 3. The minimum Gasteiger partial charge on any atom is -0.408 e. The highest BCUT2D eigenvalue weighted by Gasteiger charge is 2.04. The Balaban J connectivity index is 2.24. The molecule has 84 valence electrons. The Hall–Kier alpha value is -2.21. The van der Waals surface area contributed by atoms with Crippen LogP contribution in [0, 0.1) is 4.77 Å². The van der Waals surface area contributed by atoms with Gasteiger partial charge in [0.2, 0.25) is 0 Å². The minimum atomic E-state index is -0.459. The highest BCUT2D eigenvalue weighted by molar-refractivity contribution is 7.71. The van der Waals surface area contributed by atoms with Crippen LogP contribution in [0.1, 0.15) is 0 Å². The molecule has 0 unspecified atom stereocenters. The molecule has 0 spiro atoms. The second-order valence-corrected chi connectivity index (χ2v) is 3.90. The molecule has 2 heterocycles. The third-order valence-corrected chi connectivity index (χ3v) is 2.61. The standard InChI is InChI=1S/C11H7N3O2S/c15-11-14-8-2-1-6(5-9(8)16-11)7-3-4-12-10(17)13-7/h1-5H,(H,14,15)(H,12,13,17). The predicted molar refractivity (Wildman–Crippen MR) is 65.3 cm³/mol. The fraction of sp³-hybridized carbons (Fsp3) is 0. The number of nitrogens with zero attached hydrogens (tertiary/aromatic N) is 1. The molecule has 5 nitrogen and oxygen atoms in total. The summed E-state index contributed by atoms with van der Waals surface area (Å²) in [5, 5.41) is 0. The average molecular weight is 245 g/mol. The van der Waals surface area contributed by atoms with Crippen LogP contribution in [0.2, 0.25) is 0 Å². The summed E-state index contributed by atoms with van der Waals surface area (Å²) >= 11 is 4.95. The minimum absolute atomic E-state index is 0.415. The van der Waals surface area contributed by atoms with Gasteiger partial charge in [-0.3, -0.25) is 4.98 Å². The summed E-state index contributed by atoms with van der Waals surface area (Å²) in [6.45, 7) is 0. The molecule has 0 fully saturated rings. The normalized spacial score (nSPS) is 10.8. The zero-order valence-electron chi connectivity index (χ0n) is 8.56. The third-order valence-electron chi connectivity index (χ3n) is 2.41. The Kier molecular flexibility index (Phi) is 2.15. The average Bonchev–Trinajstić information content (AvgIpc) is 2.68. The van der Waals surface area contributed by atoms with Crippen LogP contribution in [0.15, 0.2) is 39.7 Å². The lowest BCUT2D eigenvalue weighted by Gasteiger charge is -2.00. The molecule has 2 N–H and O–H groups in total. The first-order valence-corrected chi connectivity index (χ1v) is 5.32. The maximum Gasteiger partial charge on any atom is 0.417 e. The van der Waals surface area contributed by atoms with E-state index in [2.05, 4.69) is 15.0 Å². The second-order valence-electron chi connectivity index (χ2n) is 3.51. The lowest BCUT2D eigenvalue weighted by Crippen LogP contribution is -1.92. The highest BCUT2D eigenvalue weighted by Crippen LogP contribution is 2.20. The van der Waals surface area contributed by atoms with E-state index in [1.807, 2.05) is 12.1 Å². The van der Waals surface area contributed by atoms with E-state index in [0.717, 1.165) is 11.3 Å². The number of benzene rings is 1. The van der Waals surface area contributed by atoms with Crippen molar-refractivity contribution in [3.8, 4) is 11.3 Å². The summed E-state index contributed by atoms with van der Waals surface area (Å²) in [7, 11) is 0. The first-order valence-electron chi connectivity index (χ1n) is 4.91. The van der Waals surface area contributed by atoms with Gasteiger partial charge < -0.3 is 9.40 Å². The van der Waals surface area contributed by atoms with E-state index in [9.17, 15) is 4.79 Å². The molecule has 0 saturated carbocycles. The second kappa shape index (κ2) is 3.67. The summed E-state index contributed by atoms with van der Waals surface area (Å²) in [6.07, 6.45) is 1.63. The number of oxazole rings is 1. The fourth-order valence-corrected chi connectivity index (χ4v) is 1.82. The van der Waals surface area contributed by atoms with E-state index in [4.69, 9.17) is 16.6 Å². The van der Waals surface area contributed by atoms with Crippen LogP contribution >= 0.6 is 12.2 Å². The molecule has 0 aliphatic rings. The Morgan fingerprint density at radius 1 is 1.24 bits per heavy atom. The van der Waals surface area contributed by atoms with Crippen molar-refractivity contribution in [3.63, 3.8) is 0 Å². The van der Waals surface area contributed by atoms with E-state index in [1.54, 1.807) is 18.3 Å². The topological polar surface area (TPSA) is 74.7 Å². The first-order chi connectivity index (χ1) is 8.22. The van der Waals surface area contributed by atoms with Crippen LogP contribution in [-0.4, -0.2) is 15.0 Å². The zero-order chi connectivity index (χ0) is 11.8. The summed E-state index contributed by atoms with van der Waals surface area (Å²) in [5.41, 5.74) is 2.90. The number of hydrogen-bond donors (Lipinski definition) is 2. The first kappa shape index (κ1) is 9.98. The largest absolute Gasteiger partial charge is 0.417 e. The van der Waals surface area contributed by atoms with Gasteiger partial charge in [-0.2, -0.15) is 0 Å². The van der Waals surface area contributed by atoms with Crippen molar-refractivity contribution in [1.29, 1.82) is 0 Å². The molecule has 2 aromatic heterocycles. The van der Waals surface area contributed by atoms with Crippen molar-refractivity contribution in [2.75, 3.05) is 0 Å². The maximum absolute atomic E-state index is 11.0. The SMILES string of the molecule is O=c1[nH]c2ccc(-c3ccnc(=S)[nH]3)cc2o1. The van der Waals surface area contributed by atoms with Crippen LogP contribution in [0.3, 0.4) is 0 Å². The molecule has 0 aliphatic heterocycles. The van der Waals surface area contributed by atoms with Crippen molar-refractivity contribution in [1.82, 2.24) is 15.0 Å². The van der Waals surface area contributed by atoms with Gasteiger partial charge in [0.15, 0.2) is 10.4 Å². The van der Waals surface area contributed by atoms with Crippen molar-refractivity contribution in [2.45, 2.75) is 0 Å². The Morgan fingerprint density at radius 2 is 2.12 bits per heavy atom. The van der Waals surface area contributed by atoms with E-state index in [0.29, 0.717) is 15.9 Å². The monoisotopic (exact) mass is 245 g/mol. The van der Waals surface area contributed by atoms with E-state index >= 15 is 0 Å². The molecule has 0 aliphatic carbocycles. The molecule has 6 heteroatoms. The van der Waals surface area contributed by atoms with Gasteiger partial charge in [0, 0.05) is 17.5 Å². The van der Waals surface area contributed by atoms with Gasteiger partial charge in [-0.1, -0.05) is 6.07 Å². The molecule has 17 heavy (non-hydrogen) atoms. The molecule has 0 atom stereocenters. The quantitative estimate of drug-likeness (QED) is 0.645. The fourth-order valence-electron chi connectivity index (χ4n) is 1.65. The molecule has 0 radical (unpaired) electrons. The van der Waals surface area contributed by atoms with Gasteiger partial charge in [-0.05, 0) is 30.4 Å². The van der Waals surface area contributed by atoms with Gasteiger partial charge in [-0.15, -0.1) is 0 Å². The van der Waals surface area contributed by atoms with Gasteiger partial charge >= 0.3 is 5.76 Å². The number of fused-ring (bicyclic) bond motifs is 1. The molecular weight excluding hydrogens is 238 g/mol. The van der Waals surface area contributed by atoms with Crippen molar-refractivity contribution < 1.29 is 4.42 Å². The van der Waals surface area contributed by atoms with Gasteiger partial charge in [-0.25, -0.2) is 9.78 Å². The van der Waals surface area contributed by atoms with Crippen LogP contribution in [0.4, 0.5) is 0 Å². The molecule has 3 aromatic rings. The summed E-state index contributed by atoms with van der Waals surface area (Å²) < 4.78 is 5.41. The van der Waals surface area contributed by atoms with Crippen molar-refractivity contribution in [2.24, 2.45) is 0 Å². The van der Waals surface area contributed by atoms with Crippen LogP contribution in [0.5, 0.6) is 0 Å². The van der Waals surface area contributed by atoms with E-state index in [1.165, 1.54) is 0 Å². The smallest absolute Gasteiger partial charge is 0.408 e. The Morgan fingerprint density at radius 3 is 2.94 bits per heavy atom. The molecular formula is C11H7N3O2S. The van der Waals surface area contributed by atoms with Crippen LogP contribution in [0.25, 0.3) is 22.4 Å². The highest BCUT2D eigenvalue weighted by atomic mass is 32.1. The molecule has 0 saturated heterocycles. The molecule has 3 rings (SSSR count). The number of H-pyrrole nitrogens is 2.